The molecule has 0 aromatic rings. The standard InChI is InChI=1S/C15H25NO2/c17-15(18)14-9-12-7-3-4-8-13(12)16(14)10-11-5-1-2-6-11/h11-14H,1-10H2,(H,17,18)/t12-,13+,14+/m1/s1. The molecule has 102 valence electrons. The van der Waals surface area contributed by atoms with E-state index in [2.05, 4.69) is 4.90 Å². The van der Waals surface area contributed by atoms with Crippen molar-refractivity contribution in [3.05, 3.63) is 0 Å². The van der Waals surface area contributed by atoms with Crippen molar-refractivity contribution in [2.75, 3.05) is 6.54 Å². The summed E-state index contributed by atoms with van der Waals surface area (Å²) >= 11 is 0. The minimum Gasteiger partial charge on any atom is -0.480 e. The van der Waals surface area contributed by atoms with Gasteiger partial charge in [0.1, 0.15) is 6.04 Å². The van der Waals surface area contributed by atoms with Gasteiger partial charge in [0.05, 0.1) is 0 Å². The molecule has 3 atom stereocenters. The predicted molar refractivity (Wildman–Crippen MR) is 70.5 cm³/mol. The minimum atomic E-state index is -0.581. The molecule has 2 saturated carbocycles. The highest BCUT2D eigenvalue weighted by atomic mass is 16.4. The van der Waals surface area contributed by atoms with Gasteiger partial charge in [0, 0.05) is 12.6 Å². The molecule has 2 aliphatic carbocycles. The summed E-state index contributed by atoms with van der Waals surface area (Å²) in [6.45, 7) is 1.05. The van der Waals surface area contributed by atoms with Crippen LogP contribution in [0.1, 0.15) is 57.8 Å². The number of fused-ring (bicyclic) bond motifs is 1. The molecule has 0 bridgehead atoms. The molecule has 0 unspecified atom stereocenters. The summed E-state index contributed by atoms with van der Waals surface area (Å²) in [6, 6.07) is 0.402. The largest absolute Gasteiger partial charge is 0.480 e. The Bertz CT molecular complexity index is 312. The van der Waals surface area contributed by atoms with Crippen LogP contribution in [0.3, 0.4) is 0 Å². The summed E-state index contributed by atoms with van der Waals surface area (Å²) in [5.74, 6) is 0.858. The van der Waals surface area contributed by atoms with Crippen LogP contribution in [-0.4, -0.2) is 34.6 Å². The zero-order chi connectivity index (χ0) is 12.5. The van der Waals surface area contributed by atoms with Gasteiger partial charge >= 0.3 is 5.97 Å². The maximum atomic E-state index is 11.5. The van der Waals surface area contributed by atoms with Crippen molar-refractivity contribution in [2.45, 2.75) is 69.9 Å². The van der Waals surface area contributed by atoms with Crippen LogP contribution in [0.15, 0.2) is 0 Å². The number of hydrogen-bond acceptors (Lipinski definition) is 2. The molecule has 3 rings (SSSR count). The van der Waals surface area contributed by atoms with E-state index in [4.69, 9.17) is 0 Å². The maximum Gasteiger partial charge on any atom is 0.320 e. The molecule has 0 radical (unpaired) electrons. The fourth-order valence-corrected chi connectivity index (χ4v) is 4.55. The first kappa shape index (κ1) is 12.5. The molecule has 0 aromatic heterocycles. The Labute approximate surface area is 110 Å². The third kappa shape index (κ3) is 2.29. The number of rotatable bonds is 3. The molecule has 18 heavy (non-hydrogen) atoms. The fraction of sp³-hybridized carbons (Fsp3) is 0.933. The number of likely N-dealkylation sites (tertiary alicyclic amines) is 1. The normalized spacial score (nSPS) is 37.9. The van der Waals surface area contributed by atoms with E-state index in [9.17, 15) is 9.90 Å². The Kier molecular flexibility index (Phi) is 3.60. The van der Waals surface area contributed by atoms with Gasteiger partial charge in [-0.1, -0.05) is 25.7 Å². The van der Waals surface area contributed by atoms with Gasteiger partial charge in [-0.3, -0.25) is 9.69 Å². The van der Waals surface area contributed by atoms with E-state index in [0.717, 1.165) is 18.9 Å². The molecule has 3 aliphatic rings. The van der Waals surface area contributed by atoms with Crippen LogP contribution in [0.5, 0.6) is 0 Å². The molecule has 0 aromatic carbocycles. The molecular formula is C15H25NO2. The van der Waals surface area contributed by atoms with Crippen molar-refractivity contribution in [2.24, 2.45) is 11.8 Å². The van der Waals surface area contributed by atoms with Crippen molar-refractivity contribution in [3.63, 3.8) is 0 Å². The van der Waals surface area contributed by atoms with E-state index in [1.807, 2.05) is 0 Å². The van der Waals surface area contributed by atoms with Crippen molar-refractivity contribution >= 4 is 5.97 Å². The molecule has 1 saturated heterocycles. The molecule has 0 amide bonds. The van der Waals surface area contributed by atoms with Crippen LogP contribution in [0.4, 0.5) is 0 Å². The lowest BCUT2D eigenvalue weighted by atomic mass is 9.84. The summed E-state index contributed by atoms with van der Waals surface area (Å²) in [5.41, 5.74) is 0. The van der Waals surface area contributed by atoms with Gasteiger partial charge in [-0.05, 0) is 43.9 Å². The van der Waals surface area contributed by atoms with Gasteiger partial charge in [0.25, 0.3) is 0 Å². The second-order valence-corrected chi connectivity index (χ2v) is 6.55. The second-order valence-electron chi connectivity index (χ2n) is 6.55. The van der Waals surface area contributed by atoms with Crippen molar-refractivity contribution in [1.29, 1.82) is 0 Å². The van der Waals surface area contributed by atoms with Crippen LogP contribution in [-0.2, 0) is 4.79 Å². The Morgan fingerprint density at radius 3 is 2.44 bits per heavy atom. The highest BCUT2D eigenvalue weighted by Gasteiger charge is 2.45. The lowest BCUT2D eigenvalue weighted by molar-refractivity contribution is -0.142. The Morgan fingerprint density at radius 2 is 1.72 bits per heavy atom. The third-order valence-electron chi connectivity index (χ3n) is 5.45. The topological polar surface area (TPSA) is 40.5 Å². The summed E-state index contributed by atoms with van der Waals surface area (Å²) < 4.78 is 0. The molecule has 1 heterocycles. The fourth-order valence-electron chi connectivity index (χ4n) is 4.55. The van der Waals surface area contributed by atoms with Crippen LogP contribution in [0, 0.1) is 11.8 Å². The van der Waals surface area contributed by atoms with Gasteiger partial charge in [0.2, 0.25) is 0 Å². The quantitative estimate of drug-likeness (QED) is 0.838. The SMILES string of the molecule is O=C(O)[C@@H]1C[C@H]2CCCC[C@@H]2N1CC1CCCC1. The molecule has 1 N–H and O–H groups in total. The van der Waals surface area contributed by atoms with E-state index in [-0.39, 0.29) is 6.04 Å². The van der Waals surface area contributed by atoms with E-state index >= 15 is 0 Å². The first-order valence-corrected chi connectivity index (χ1v) is 7.74. The summed E-state index contributed by atoms with van der Waals surface area (Å²) in [5, 5.41) is 9.46. The predicted octanol–water partition coefficient (Wildman–Crippen LogP) is 2.89. The average Bonchev–Trinajstić information content (AvgIpc) is 2.98. The number of aliphatic carboxylic acids is 1. The highest BCUT2D eigenvalue weighted by Crippen LogP contribution is 2.41. The number of carbonyl (C=O) groups is 1. The van der Waals surface area contributed by atoms with Gasteiger partial charge in [-0.15, -0.1) is 0 Å². The van der Waals surface area contributed by atoms with Crippen LogP contribution < -0.4 is 0 Å². The van der Waals surface area contributed by atoms with Crippen LogP contribution in [0.25, 0.3) is 0 Å². The lowest BCUT2D eigenvalue weighted by Crippen LogP contribution is -2.44. The molecule has 3 nitrogen and oxygen atoms in total. The van der Waals surface area contributed by atoms with E-state index < -0.39 is 5.97 Å². The summed E-state index contributed by atoms with van der Waals surface area (Å²) in [7, 11) is 0. The smallest absolute Gasteiger partial charge is 0.320 e. The Hall–Kier alpha value is -0.570. The summed E-state index contributed by atoms with van der Waals surface area (Å²) in [6.07, 6.45) is 11.4. The van der Waals surface area contributed by atoms with Gasteiger partial charge in [0.15, 0.2) is 0 Å². The first-order chi connectivity index (χ1) is 8.75. The van der Waals surface area contributed by atoms with Gasteiger partial charge in [-0.25, -0.2) is 0 Å². The van der Waals surface area contributed by atoms with E-state index in [1.54, 1.807) is 0 Å². The molecule has 1 aliphatic heterocycles. The van der Waals surface area contributed by atoms with E-state index in [1.165, 1.54) is 51.4 Å². The Morgan fingerprint density at radius 1 is 1.06 bits per heavy atom. The van der Waals surface area contributed by atoms with Crippen molar-refractivity contribution in [1.82, 2.24) is 4.90 Å². The zero-order valence-electron chi connectivity index (χ0n) is 11.2. The second kappa shape index (κ2) is 5.20. The van der Waals surface area contributed by atoms with Gasteiger partial charge < -0.3 is 5.11 Å². The maximum absolute atomic E-state index is 11.5. The molecular weight excluding hydrogens is 226 g/mol. The summed E-state index contributed by atoms with van der Waals surface area (Å²) in [4.78, 5) is 13.9. The Balaban J connectivity index is 1.71. The first-order valence-electron chi connectivity index (χ1n) is 7.74. The minimum absolute atomic E-state index is 0.182. The zero-order valence-corrected chi connectivity index (χ0v) is 11.2. The van der Waals surface area contributed by atoms with Crippen LogP contribution in [0.2, 0.25) is 0 Å². The molecule has 3 heteroatoms. The number of carboxylic acid groups (broad SMARTS) is 1. The van der Waals surface area contributed by atoms with Gasteiger partial charge in [-0.2, -0.15) is 0 Å². The average molecular weight is 251 g/mol. The number of hydrogen-bond donors (Lipinski definition) is 1. The monoisotopic (exact) mass is 251 g/mol. The third-order valence-corrected chi connectivity index (χ3v) is 5.45. The lowest BCUT2D eigenvalue weighted by Gasteiger charge is -2.34. The van der Waals surface area contributed by atoms with Crippen molar-refractivity contribution < 1.29 is 9.90 Å². The number of nitrogens with zero attached hydrogens (tertiary/aromatic N) is 1. The van der Waals surface area contributed by atoms with E-state index in [0.29, 0.717) is 12.0 Å². The molecule has 0 spiro atoms. The highest BCUT2D eigenvalue weighted by molar-refractivity contribution is 5.74. The van der Waals surface area contributed by atoms with Crippen molar-refractivity contribution in [3.8, 4) is 0 Å². The van der Waals surface area contributed by atoms with Crippen LogP contribution >= 0.6 is 0 Å². The number of carboxylic acids is 1. The molecule has 3 fully saturated rings.